The van der Waals surface area contributed by atoms with Gasteiger partial charge in [0.1, 0.15) is 5.82 Å². The van der Waals surface area contributed by atoms with Crippen molar-refractivity contribution in [2.45, 2.75) is 19.8 Å². The van der Waals surface area contributed by atoms with Gasteiger partial charge in [-0.05, 0) is 52.5 Å². The summed E-state index contributed by atoms with van der Waals surface area (Å²) in [6, 6.07) is 3.70. The maximum Gasteiger partial charge on any atom is 0.140 e. The van der Waals surface area contributed by atoms with Crippen molar-refractivity contribution in [1.29, 1.82) is 0 Å². The molecule has 72 valence electrons. The molecule has 0 spiro atoms. The number of nitrogens with two attached hydrogens (primary N) is 1. The lowest BCUT2D eigenvalue weighted by Crippen LogP contribution is -2.05. The number of hydrogen-bond donors (Lipinski definition) is 1. The Morgan fingerprint density at radius 1 is 1.46 bits per heavy atom. The number of aryl methyl sites for hydroxylation is 1. The molecule has 0 radical (unpaired) electrons. The Bertz CT molecular complexity index is 299. The summed E-state index contributed by atoms with van der Waals surface area (Å²) in [5.41, 5.74) is 7.23. The van der Waals surface area contributed by atoms with Gasteiger partial charge in [-0.1, -0.05) is 13.0 Å². The minimum Gasteiger partial charge on any atom is -0.330 e. The molecule has 0 heterocycles. The summed E-state index contributed by atoms with van der Waals surface area (Å²) in [7, 11) is 0. The van der Waals surface area contributed by atoms with Crippen molar-refractivity contribution in [3.63, 3.8) is 0 Å². The average molecular weight is 246 g/mol. The normalized spacial score (nSPS) is 10.5. The van der Waals surface area contributed by atoms with Crippen LogP contribution in [0.5, 0.6) is 0 Å². The Hall–Kier alpha value is -0.410. The molecule has 1 nitrogen and oxygen atoms in total. The van der Waals surface area contributed by atoms with Crippen LogP contribution in [0.2, 0.25) is 0 Å². The molecule has 0 aliphatic heterocycles. The molecule has 0 atom stereocenters. The van der Waals surface area contributed by atoms with Gasteiger partial charge in [0.15, 0.2) is 0 Å². The van der Waals surface area contributed by atoms with Gasteiger partial charge in [-0.2, -0.15) is 0 Å². The summed E-state index contributed by atoms with van der Waals surface area (Å²) >= 11 is 3.19. The van der Waals surface area contributed by atoms with Gasteiger partial charge in [0, 0.05) is 0 Å². The fraction of sp³-hybridized carbons (Fsp3) is 0.400. The number of halogens is 2. The highest BCUT2D eigenvalue weighted by molar-refractivity contribution is 9.10. The van der Waals surface area contributed by atoms with E-state index in [0.717, 1.165) is 12.0 Å². The van der Waals surface area contributed by atoms with E-state index in [1.54, 1.807) is 0 Å². The zero-order valence-corrected chi connectivity index (χ0v) is 9.20. The first-order valence-corrected chi connectivity index (χ1v) is 5.15. The molecule has 0 aliphatic rings. The van der Waals surface area contributed by atoms with Crippen LogP contribution < -0.4 is 5.73 Å². The molecule has 0 aliphatic carbocycles. The van der Waals surface area contributed by atoms with E-state index in [9.17, 15) is 4.39 Å². The van der Waals surface area contributed by atoms with Crippen molar-refractivity contribution in [3.8, 4) is 0 Å². The van der Waals surface area contributed by atoms with Gasteiger partial charge in [0.25, 0.3) is 0 Å². The topological polar surface area (TPSA) is 26.0 Å². The molecular weight excluding hydrogens is 233 g/mol. The lowest BCUT2D eigenvalue weighted by molar-refractivity contribution is 0.602. The summed E-state index contributed by atoms with van der Waals surface area (Å²) in [6.45, 7) is 2.53. The van der Waals surface area contributed by atoms with Crippen molar-refractivity contribution in [2.24, 2.45) is 5.73 Å². The number of rotatable bonds is 3. The quantitative estimate of drug-likeness (QED) is 0.871. The second kappa shape index (κ2) is 4.72. The fourth-order valence-corrected chi connectivity index (χ4v) is 1.80. The van der Waals surface area contributed by atoms with Crippen LogP contribution in [0.1, 0.15) is 18.1 Å². The van der Waals surface area contributed by atoms with Crippen LogP contribution >= 0.6 is 15.9 Å². The molecule has 0 saturated heterocycles. The van der Waals surface area contributed by atoms with Crippen LogP contribution in [0.25, 0.3) is 0 Å². The Labute approximate surface area is 86.3 Å². The van der Waals surface area contributed by atoms with E-state index < -0.39 is 0 Å². The van der Waals surface area contributed by atoms with Crippen molar-refractivity contribution >= 4 is 15.9 Å². The first-order chi connectivity index (χ1) is 6.19. The predicted molar refractivity (Wildman–Crippen MR) is 56.2 cm³/mol. The smallest absolute Gasteiger partial charge is 0.140 e. The average Bonchev–Trinajstić information content (AvgIpc) is 2.13. The van der Waals surface area contributed by atoms with Gasteiger partial charge in [0.05, 0.1) is 4.47 Å². The number of benzene rings is 1. The molecule has 1 aromatic carbocycles. The summed E-state index contributed by atoms with van der Waals surface area (Å²) in [5, 5.41) is 0. The molecule has 1 rings (SSSR count). The fourth-order valence-electron chi connectivity index (χ4n) is 1.25. The van der Waals surface area contributed by atoms with Gasteiger partial charge in [-0.25, -0.2) is 4.39 Å². The Balaban J connectivity index is 3.09. The maximum atomic E-state index is 13.4. The molecule has 2 N–H and O–H groups in total. The zero-order chi connectivity index (χ0) is 9.84. The largest absolute Gasteiger partial charge is 0.330 e. The lowest BCUT2D eigenvalue weighted by Gasteiger charge is -2.06. The molecule has 0 amide bonds. The SMILES string of the molecule is CCc1cc(Br)c(F)c(CCN)c1. The van der Waals surface area contributed by atoms with Gasteiger partial charge >= 0.3 is 0 Å². The highest BCUT2D eigenvalue weighted by atomic mass is 79.9. The minimum atomic E-state index is -0.178. The van der Waals surface area contributed by atoms with Crippen LogP contribution in [0.3, 0.4) is 0 Å². The van der Waals surface area contributed by atoms with E-state index >= 15 is 0 Å². The number of hydrogen-bond acceptors (Lipinski definition) is 1. The van der Waals surface area contributed by atoms with E-state index in [2.05, 4.69) is 15.9 Å². The molecular formula is C10H13BrFN. The predicted octanol–water partition coefficient (Wildman–Crippen LogP) is 2.65. The van der Waals surface area contributed by atoms with Crippen molar-refractivity contribution in [2.75, 3.05) is 6.54 Å². The monoisotopic (exact) mass is 245 g/mol. The molecule has 0 saturated carbocycles. The molecule has 3 heteroatoms. The van der Waals surface area contributed by atoms with E-state index in [1.165, 1.54) is 0 Å². The lowest BCUT2D eigenvalue weighted by atomic mass is 10.1. The summed E-state index contributed by atoms with van der Waals surface area (Å²) in [4.78, 5) is 0. The van der Waals surface area contributed by atoms with Crippen LogP contribution in [0.4, 0.5) is 4.39 Å². The van der Waals surface area contributed by atoms with Crippen LogP contribution in [0.15, 0.2) is 16.6 Å². The third-order valence-corrected chi connectivity index (χ3v) is 2.56. The molecule has 0 bridgehead atoms. The first kappa shape index (κ1) is 10.7. The summed E-state index contributed by atoms with van der Waals surface area (Å²) < 4.78 is 13.9. The second-order valence-electron chi connectivity index (χ2n) is 2.94. The van der Waals surface area contributed by atoms with Gasteiger partial charge < -0.3 is 5.73 Å². The van der Waals surface area contributed by atoms with Gasteiger partial charge in [0.2, 0.25) is 0 Å². The minimum absolute atomic E-state index is 0.178. The Morgan fingerprint density at radius 3 is 2.69 bits per heavy atom. The molecule has 0 unspecified atom stereocenters. The highest BCUT2D eigenvalue weighted by Gasteiger charge is 2.07. The molecule has 1 aromatic rings. The third-order valence-electron chi connectivity index (χ3n) is 1.99. The van der Waals surface area contributed by atoms with E-state index in [-0.39, 0.29) is 5.82 Å². The maximum absolute atomic E-state index is 13.4. The van der Waals surface area contributed by atoms with E-state index in [1.807, 2.05) is 19.1 Å². The molecule has 13 heavy (non-hydrogen) atoms. The standard InChI is InChI=1S/C10H13BrFN/c1-2-7-5-8(3-4-13)10(12)9(11)6-7/h5-6H,2-4,13H2,1H3. The third kappa shape index (κ3) is 2.51. The first-order valence-electron chi connectivity index (χ1n) is 4.36. The van der Waals surface area contributed by atoms with Gasteiger partial charge in [-0.3, -0.25) is 0 Å². The molecule has 0 aromatic heterocycles. The van der Waals surface area contributed by atoms with E-state index in [4.69, 9.17) is 5.73 Å². The highest BCUT2D eigenvalue weighted by Crippen LogP contribution is 2.22. The summed E-state index contributed by atoms with van der Waals surface area (Å²) in [6.07, 6.45) is 1.51. The second-order valence-corrected chi connectivity index (χ2v) is 3.80. The Morgan fingerprint density at radius 2 is 2.15 bits per heavy atom. The summed E-state index contributed by atoms with van der Waals surface area (Å²) in [5.74, 6) is -0.178. The van der Waals surface area contributed by atoms with Gasteiger partial charge in [-0.15, -0.1) is 0 Å². The van der Waals surface area contributed by atoms with Crippen molar-refractivity contribution < 1.29 is 4.39 Å². The van der Waals surface area contributed by atoms with E-state index in [0.29, 0.717) is 23.0 Å². The van der Waals surface area contributed by atoms with Crippen LogP contribution in [0, 0.1) is 5.82 Å². The zero-order valence-electron chi connectivity index (χ0n) is 7.61. The van der Waals surface area contributed by atoms with Crippen LogP contribution in [-0.2, 0) is 12.8 Å². The van der Waals surface area contributed by atoms with Crippen LogP contribution in [-0.4, -0.2) is 6.54 Å². The Kier molecular flexibility index (Phi) is 3.88. The van der Waals surface area contributed by atoms with Crippen molar-refractivity contribution in [3.05, 3.63) is 33.5 Å². The van der Waals surface area contributed by atoms with Crippen molar-refractivity contribution in [1.82, 2.24) is 0 Å². The molecule has 0 fully saturated rings.